The second-order valence-corrected chi connectivity index (χ2v) is 4.51. The highest BCUT2D eigenvalue weighted by Crippen LogP contribution is 2.34. The molecular formula is C11H12Cl2O2. The number of para-hydroxylation sites is 1. The van der Waals surface area contributed by atoms with Gasteiger partial charge in [-0.25, -0.2) is 0 Å². The van der Waals surface area contributed by atoms with Crippen LogP contribution in [0.25, 0.3) is 0 Å². The van der Waals surface area contributed by atoms with Gasteiger partial charge < -0.3 is 9.47 Å². The molecule has 15 heavy (non-hydrogen) atoms. The van der Waals surface area contributed by atoms with E-state index in [1.165, 1.54) is 0 Å². The largest absolute Gasteiger partial charge is 0.486 e. The third-order valence-electron chi connectivity index (χ3n) is 2.57. The van der Waals surface area contributed by atoms with E-state index in [0.29, 0.717) is 10.8 Å². The Balaban J connectivity index is 2.01. The van der Waals surface area contributed by atoms with E-state index in [1.54, 1.807) is 13.2 Å². The van der Waals surface area contributed by atoms with Crippen molar-refractivity contribution < 1.29 is 9.47 Å². The summed E-state index contributed by atoms with van der Waals surface area (Å²) in [6, 6.07) is 7.40. The van der Waals surface area contributed by atoms with Gasteiger partial charge in [-0.1, -0.05) is 23.7 Å². The van der Waals surface area contributed by atoms with Gasteiger partial charge in [-0.2, -0.15) is 0 Å². The molecule has 0 bridgehead atoms. The van der Waals surface area contributed by atoms with E-state index in [9.17, 15) is 0 Å². The van der Waals surface area contributed by atoms with E-state index in [0.717, 1.165) is 6.42 Å². The number of rotatable bonds is 3. The van der Waals surface area contributed by atoms with Gasteiger partial charge in [-0.3, -0.25) is 0 Å². The van der Waals surface area contributed by atoms with Crippen LogP contribution < -0.4 is 4.74 Å². The first-order valence-electron chi connectivity index (χ1n) is 4.80. The van der Waals surface area contributed by atoms with Gasteiger partial charge in [-0.15, -0.1) is 11.6 Å². The third-order valence-corrected chi connectivity index (χ3v) is 3.31. The number of ether oxygens (including phenoxy) is 2. The maximum Gasteiger partial charge on any atom is 0.138 e. The molecule has 0 N–H and O–H groups in total. The SMILES string of the molecule is COC1C(Cl)CC1Oc1ccccc1Cl. The molecule has 3 atom stereocenters. The Kier molecular flexibility index (Phi) is 3.39. The van der Waals surface area contributed by atoms with E-state index in [-0.39, 0.29) is 17.6 Å². The van der Waals surface area contributed by atoms with Gasteiger partial charge >= 0.3 is 0 Å². The van der Waals surface area contributed by atoms with Crippen LogP contribution in [-0.2, 0) is 4.74 Å². The minimum Gasteiger partial charge on any atom is -0.486 e. The van der Waals surface area contributed by atoms with Crippen LogP contribution in [0.15, 0.2) is 24.3 Å². The van der Waals surface area contributed by atoms with E-state index in [1.807, 2.05) is 18.2 Å². The molecule has 0 amide bonds. The first-order valence-corrected chi connectivity index (χ1v) is 5.62. The molecule has 1 aliphatic rings. The van der Waals surface area contributed by atoms with Crippen LogP contribution in [0.4, 0.5) is 0 Å². The van der Waals surface area contributed by atoms with Crippen molar-refractivity contribution in [1.82, 2.24) is 0 Å². The fourth-order valence-corrected chi connectivity index (χ4v) is 2.27. The Bertz CT molecular complexity index is 343. The lowest BCUT2D eigenvalue weighted by molar-refractivity contribution is -0.0583. The van der Waals surface area contributed by atoms with Gasteiger partial charge in [0.25, 0.3) is 0 Å². The standard InChI is InChI=1S/C11H12Cl2O2/c1-14-11-8(13)6-10(11)15-9-5-3-2-4-7(9)12/h2-5,8,10-11H,6H2,1H3. The molecule has 0 heterocycles. The van der Waals surface area contributed by atoms with Crippen LogP contribution in [0, 0.1) is 0 Å². The Morgan fingerprint density at radius 3 is 2.67 bits per heavy atom. The van der Waals surface area contributed by atoms with Crippen molar-refractivity contribution in [3.63, 3.8) is 0 Å². The lowest BCUT2D eigenvalue weighted by Gasteiger charge is -2.39. The van der Waals surface area contributed by atoms with E-state index in [2.05, 4.69) is 0 Å². The zero-order valence-corrected chi connectivity index (χ0v) is 9.83. The summed E-state index contributed by atoms with van der Waals surface area (Å²) >= 11 is 12.0. The van der Waals surface area contributed by atoms with Crippen molar-refractivity contribution in [2.24, 2.45) is 0 Å². The van der Waals surface area contributed by atoms with Crippen molar-refractivity contribution in [2.75, 3.05) is 7.11 Å². The molecule has 1 saturated carbocycles. The molecule has 2 nitrogen and oxygen atoms in total. The average molecular weight is 247 g/mol. The number of hydrogen-bond donors (Lipinski definition) is 0. The summed E-state index contributed by atoms with van der Waals surface area (Å²) in [7, 11) is 1.64. The summed E-state index contributed by atoms with van der Waals surface area (Å²) in [6.45, 7) is 0. The third kappa shape index (κ3) is 2.22. The van der Waals surface area contributed by atoms with Crippen molar-refractivity contribution in [3.05, 3.63) is 29.3 Å². The number of methoxy groups -OCH3 is 1. The van der Waals surface area contributed by atoms with Crippen LogP contribution in [0.5, 0.6) is 5.75 Å². The maximum absolute atomic E-state index is 5.98. The summed E-state index contributed by atoms with van der Waals surface area (Å²) in [6.07, 6.45) is 0.769. The Labute approximate surface area is 99.1 Å². The summed E-state index contributed by atoms with van der Waals surface area (Å²) < 4.78 is 10.9. The first-order chi connectivity index (χ1) is 7.22. The molecule has 2 rings (SSSR count). The topological polar surface area (TPSA) is 18.5 Å². The molecule has 82 valence electrons. The smallest absolute Gasteiger partial charge is 0.138 e. The van der Waals surface area contributed by atoms with Gasteiger partial charge in [0.15, 0.2) is 0 Å². The predicted molar refractivity (Wildman–Crippen MR) is 60.9 cm³/mol. The van der Waals surface area contributed by atoms with Crippen LogP contribution in [-0.4, -0.2) is 24.7 Å². The van der Waals surface area contributed by atoms with Gasteiger partial charge in [-0.05, 0) is 12.1 Å². The highest BCUT2D eigenvalue weighted by molar-refractivity contribution is 6.32. The first kappa shape index (κ1) is 11.1. The monoisotopic (exact) mass is 246 g/mol. The molecule has 1 aromatic rings. The van der Waals surface area contributed by atoms with Gasteiger partial charge in [0.2, 0.25) is 0 Å². The number of alkyl halides is 1. The van der Waals surface area contributed by atoms with E-state index < -0.39 is 0 Å². The second-order valence-electron chi connectivity index (χ2n) is 3.54. The Hall–Kier alpha value is -0.440. The normalized spacial score (nSPS) is 29.7. The van der Waals surface area contributed by atoms with Crippen molar-refractivity contribution >= 4 is 23.2 Å². The molecule has 0 spiro atoms. The summed E-state index contributed by atoms with van der Waals surface area (Å²) in [5, 5.41) is 0.660. The van der Waals surface area contributed by atoms with Crippen molar-refractivity contribution in [2.45, 2.75) is 24.0 Å². The molecule has 0 aromatic heterocycles. The summed E-state index contributed by atoms with van der Waals surface area (Å²) in [4.78, 5) is 0. The second kappa shape index (κ2) is 4.60. The van der Waals surface area contributed by atoms with Crippen molar-refractivity contribution in [3.8, 4) is 5.75 Å². The summed E-state index contributed by atoms with van der Waals surface area (Å²) in [5.41, 5.74) is 0. The number of hydrogen-bond acceptors (Lipinski definition) is 2. The van der Waals surface area contributed by atoms with Crippen LogP contribution in [0.1, 0.15) is 6.42 Å². The lowest BCUT2D eigenvalue weighted by atomic mass is 9.91. The molecule has 4 heteroatoms. The minimum absolute atomic E-state index is 0.0115. The van der Waals surface area contributed by atoms with Crippen LogP contribution in [0.3, 0.4) is 0 Å². The zero-order valence-electron chi connectivity index (χ0n) is 8.32. The predicted octanol–water partition coefficient (Wildman–Crippen LogP) is 3.11. The quantitative estimate of drug-likeness (QED) is 0.764. The molecule has 1 aromatic carbocycles. The number of halogens is 2. The van der Waals surface area contributed by atoms with Gasteiger partial charge in [0.05, 0.1) is 10.4 Å². The molecule has 0 aliphatic heterocycles. The molecule has 3 unspecified atom stereocenters. The van der Waals surface area contributed by atoms with Gasteiger partial charge in [0, 0.05) is 13.5 Å². The molecule has 1 fully saturated rings. The fraction of sp³-hybridized carbons (Fsp3) is 0.455. The molecular weight excluding hydrogens is 235 g/mol. The number of benzene rings is 1. The Morgan fingerprint density at radius 2 is 2.07 bits per heavy atom. The summed E-state index contributed by atoms with van der Waals surface area (Å²) in [5.74, 6) is 0.690. The van der Waals surface area contributed by atoms with E-state index >= 15 is 0 Å². The molecule has 0 radical (unpaired) electrons. The maximum atomic E-state index is 5.98. The lowest BCUT2D eigenvalue weighted by Crippen LogP contribution is -2.52. The minimum atomic E-state index is -0.0389. The van der Waals surface area contributed by atoms with Crippen LogP contribution >= 0.6 is 23.2 Å². The fourth-order valence-electron chi connectivity index (χ4n) is 1.65. The van der Waals surface area contributed by atoms with E-state index in [4.69, 9.17) is 32.7 Å². The zero-order chi connectivity index (χ0) is 10.8. The Morgan fingerprint density at radius 1 is 1.33 bits per heavy atom. The highest BCUT2D eigenvalue weighted by atomic mass is 35.5. The molecule has 1 aliphatic carbocycles. The molecule has 0 saturated heterocycles. The van der Waals surface area contributed by atoms with Gasteiger partial charge in [0.1, 0.15) is 18.0 Å². The average Bonchev–Trinajstić information content (AvgIpc) is 2.20. The van der Waals surface area contributed by atoms with Crippen LogP contribution in [0.2, 0.25) is 5.02 Å². The highest BCUT2D eigenvalue weighted by Gasteiger charge is 2.42. The van der Waals surface area contributed by atoms with Crippen molar-refractivity contribution in [1.29, 1.82) is 0 Å².